The fourth-order valence-electron chi connectivity index (χ4n) is 6.34. The molecule has 7 heteroatoms. The summed E-state index contributed by atoms with van der Waals surface area (Å²) in [4.78, 5) is 13.2. The van der Waals surface area contributed by atoms with Gasteiger partial charge in [-0.2, -0.15) is 0 Å². The highest BCUT2D eigenvalue weighted by Gasteiger charge is 2.54. The molecule has 1 aromatic heterocycles. The highest BCUT2D eigenvalue weighted by Crippen LogP contribution is 2.60. The van der Waals surface area contributed by atoms with Crippen LogP contribution in [-0.2, 0) is 23.6 Å². The fourth-order valence-corrected chi connectivity index (χ4v) is 7.32. The van der Waals surface area contributed by atoms with Gasteiger partial charge in [-0.3, -0.25) is 4.79 Å². The third-order valence-corrected chi connectivity index (χ3v) is 8.36. The SMILES string of the molecule is CCn1c(CNC(=O)C23CC4CC(CC(C4)C2)C3)nnc1SCc1ccc(F)cc1. The van der Waals surface area contributed by atoms with Gasteiger partial charge in [-0.25, -0.2) is 4.39 Å². The minimum Gasteiger partial charge on any atom is -0.348 e. The number of nitrogens with zero attached hydrogens (tertiary/aromatic N) is 3. The average Bonchev–Trinajstić information content (AvgIpc) is 3.12. The normalized spacial score (nSPS) is 29.3. The molecule has 4 aliphatic rings. The predicted octanol–water partition coefficient (Wildman–Crippen LogP) is 4.56. The summed E-state index contributed by atoms with van der Waals surface area (Å²) in [6, 6.07) is 6.54. The van der Waals surface area contributed by atoms with Gasteiger partial charge < -0.3 is 9.88 Å². The van der Waals surface area contributed by atoms with Crippen molar-refractivity contribution in [2.75, 3.05) is 0 Å². The lowest BCUT2D eigenvalue weighted by Crippen LogP contribution is -2.53. The molecule has 160 valence electrons. The van der Waals surface area contributed by atoms with Crippen LogP contribution in [0.5, 0.6) is 0 Å². The molecule has 4 saturated carbocycles. The van der Waals surface area contributed by atoms with Crippen molar-refractivity contribution >= 4 is 17.7 Å². The van der Waals surface area contributed by atoms with Crippen LogP contribution in [0, 0.1) is 29.0 Å². The minimum absolute atomic E-state index is 0.133. The van der Waals surface area contributed by atoms with Gasteiger partial charge in [0.05, 0.1) is 6.54 Å². The summed E-state index contributed by atoms with van der Waals surface area (Å²) in [5, 5.41) is 12.7. The Hall–Kier alpha value is -1.89. The number of carbonyl (C=O) groups excluding carboxylic acids is 1. The fraction of sp³-hybridized carbons (Fsp3) is 0.609. The summed E-state index contributed by atoms with van der Waals surface area (Å²) >= 11 is 1.59. The minimum atomic E-state index is -0.225. The Labute approximate surface area is 181 Å². The Bertz CT molecular complexity index is 891. The molecule has 2 aromatic rings. The van der Waals surface area contributed by atoms with Crippen molar-refractivity contribution in [3.63, 3.8) is 0 Å². The number of carbonyl (C=O) groups is 1. The Morgan fingerprint density at radius 3 is 2.37 bits per heavy atom. The predicted molar refractivity (Wildman–Crippen MR) is 114 cm³/mol. The molecule has 0 saturated heterocycles. The van der Waals surface area contributed by atoms with E-state index in [1.165, 1.54) is 31.4 Å². The molecule has 30 heavy (non-hydrogen) atoms. The van der Waals surface area contributed by atoms with Crippen molar-refractivity contribution in [1.82, 2.24) is 20.1 Å². The van der Waals surface area contributed by atoms with E-state index in [2.05, 4.69) is 27.0 Å². The maximum Gasteiger partial charge on any atom is 0.226 e. The van der Waals surface area contributed by atoms with Crippen molar-refractivity contribution in [2.24, 2.45) is 23.2 Å². The molecule has 1 heterocycles. The molecule has 1 amide bonds. The lowest BCUT2D eigenvalue weighted by atomic mass is 9.49. The number of hydrogen-bond acceptors (Lipinski definition) is 4. The number of nitrogens with one attached hydrogen (secondary N) is 1. The smallest absolute Gasteiger partial charge is 0.226 e. The first kappa shape index (κ1) is 20.0. The number of amides is 1. The Morgan fingerprint density at radius 2 is 1.77 bits per heavy atom. The quantitative estimate of drug-likeness (QED) is 0.657. The van der Waals surface area contributed by atoms with Crippen LogP contribution in [0.2, 0.25) is 0 Å². The lowest BCUT2D eigenvalue weighted by Gasteiger charge is -2.55. The van der Waals surface area contributed by atoms with E-state index in [9.17, 15) is 9.18 Å². The number of benzene rings is 1. The highest BCUT2D eigenvalue weighted by molar-refractivity contribution is 7.98. The number of aromatic nitrogens is 3. The molecule has 0 aliphatic heterocycles. The van der Waals surface area contributed by atoms with Crippen LogP contribution in [0.4, 0.5) is 4.39 Å². The molecule has 4 fully saturated rings. The van der Waals surface area contributed by atoms with Crippen molar-refractivity contribution in [3.8, 4) is 0 Å². The molecule has 5 nitrogen and oxygen atoms in total. The van der Waals surface area contributed by atoms with Crippen molar-refractivity contribution in [2.45, 2.75) is 69.4 Å². The second kappa shape index (κ2) is 7.98. The van der Waals surface area contributed by atoms with Crippen molar-refractivity contribution in [1.29, 1.82) is 0 Å². The maximum atomic E-state index is 13.2. The summed E-state index contributed by atoms with van der Waals surface area (Å²) in [6.45, 7) is 3.25. The number of hydrogen-bond donors (Lipinski definition) is 1. The zero-order valence-electron chi connectivity index (χ0n) is 17.4. The van der Waals surface area contributed by atoms with Gasteiger partial charge >= 0.3 is 0 Å². The van der Waals surface area contributed by atoms with Crippen molar-refractivity contribution in [3.05, 3.63) is 41.5 Å². The topological polar surface area (TPSA) is 59.8 Å². The van der Waals surface area contributed by atoms with Crippen LogP contribution in [-0.4, -0.2) is 20.7 Å². The summed E-state index contributed by atoms with van der Waals surface area (Å²) in [5.74, 6) is 3.79. The largest absolute Gasteiger partial charge is 0.348 e. The molecular formula is C23H29FN4OS. The van der Waals surface area contributed by atoms with E-state index < -0.39 is 0 Å². The van der Waals surface area contributed by atoms with E-state index in [-0.39, 0.29) is 17.1 Å². The van der Waals surface area contributed by atoms with Gasteiger partial charge in [-0.05, 0) is 80.9 Å². The monoisotopic (exact) mass is 428 g/mol. The number of rotatable bonds is 7. The Kier molecular flexibility index (Phi) is 5.33. The standard InChI is InChI=1S/C23H29FN4OS/c1-2-28-20(26-27-22(28)30-14-15-3-5-19(24)6-4-15)13-25-21(29)23-10-16-7-17(11-23)9-18(8-16)12-23/h3-6,16-18H,2,7-14H2,1H3,(H,25,29). The Morgan fingerprint density at radius 1 is 1.13 bits per heavy atom. The van der Waals surface area contributed by atoms with Crippen molar-refractivity contribution < 1.29 is 9.18 Å². The van der Waals surface area contributed by atoms with Gasteiger partial charge in [0.25, 0.3) is 0 Å². The average molecular weight is 429 g/mol. The molecule has 6 rings (SSSR count). The lowest BCUT2D eigenvalue weighted by molar-refractivity contribution is -0.146. The van der Waals surface area contributed by atoms with Crippen LogP contribution in [0.15, 0.2) is 29.4 Å². The first-order valence-electron chi connectivity index (χ1n) is 11.1. The van der Waals surface area contributed by atoms with E-state index in [0.717, 1.165) is 60.1 Å². The van der Waals surface area contributed by atoms with Crippen LogP contribution in [0.1, 0.15) is 56.8 Å². The highest BCUT2D eigenvalue weighted by atomic mass is 32.2. The Balaban J connectivity index is 1.22. The van der Waals surface area contributed by atoms with E-state index in [0.29, 0.717) is 12.3 Å². The molecule has 1 N–H and O–H groups in total. The van der Waals surface area contributed by atoms with E-state index in [1.54, 1.807) is 23.9 Å². The first-order valence-corrected chi connectivity index (χ1v) is 12.1. The summed E-state index contributed by atoms with van der Waals surface area (Å²) in [7, 11) is 0. The van der Waals surface area contributed by atoms with Gasteiger partial charge in [0.1, 0.15) is 5.82 Å². The third kappa shape index (κ3) is 3.77. The summed E-state index contributed by atoms with van der Waals surface area (Å²) in [6.07, 6.45) is 7.24. The van der Waals surface area contributed by atoms with Crippen LogP contribution in [0.25, 0.3) is 0 Å². The van der Waals surface area contributed by atoms with Crippen LogP contribution < -0.4 is 5.32 Å². The zero-order chi connectivity index (χ0) is 20.7. The second-order valence-corrected chi connectivity index (χ2v) is 10.4. The molecule has 4 aliphatic carbocycles. The molecule has 4 bridgehead atoms. The van der Waals surface area contributed by atoms with Crippen LogP contribution in [0.3, 0.4) is 0 Å². The van der Waals surface area contributed by atoms with Gasteiger partial charge in [0.15, 0.2) is 11.0 Å². The van der Waals surface area contributed by atoms with E-state index >= 15 is 0 Å². The molecule has 0 unspecified atom stereocenters. The maximum absolute atomic E-state index is 13.2. The van der Waals surface area contributed by atoms with Gasteiger partial charge in [-0.1, -0.05) is 23.9 Å². The van der Waals surface area contributed by atoms with E-state index in [4.69, 9.17) is 0 Å². The summed E-state index contributed by atoms with van der Waals surface area (Å²) in [5.41, 5.74) is 0.912. The number of thioether (sulfide) groups is 1. The molecule has 0 spiro atoms. The van der Waals surface area contributed by atoms with Gasteiger partial charge in [-0.15, -0.1) is 10.2 Å². The van der Waals surface area contributed by atoms with Crippen LogP contribution >= 0.6 is 11.8 Å². The molecule has 1 aromatic carbocycles. The molecule has 0 radical (unpaired) electrons. The second-order valence-electron chi connectivity index (χ2n) is 9.44. The first-order chi connectivity index (χ1) is 14.5. The number of halogens is 1. The van der Waals surface area contributed by atoms with Gasteiger partial charge in [0.2, 0.25) is 5.91 Å². The van der Waals surface area contributed by atoms with Gasteiger partial charge in [0, 0.05) is 17.7 Å². The third-order valence-electron chi connectivity index (χ3n) is 7.32. The van der Waals surface area contributed by atoms with E-state index in [1.807, 2.05) is 0 Å². The zero-order valence-corrected chi connectivity index (χ0v) is 18.3. The molecule has 0 atom stereocenters. The molecular weight excluding hydrogens is 399 g/mol. The summed E-state index contributed by atoms with van der Waals surface area (Å²) < 4.78 is 15.2.